The van der Waals surface area contributed by atoms with Gasteiger partial charge in [0.25, 0.3) is 0 Å². The standard InChI is InChI=1S/C13H7ClN2O4S/c14-8-3-1-7(2-4-8)11-12(21-13(17)15-11)9-5-6-10(20-9)16(18)19/h1-6H,(H,15,17). The van der Waals surface area contributed by atoms with Crippen molar-refractivity contribution in [2.24, 2.45) is 0 Å². The van der Waals surface area contributed by atoms with Crippen LogP contribution in [-0.2, 0) is 0 Å². The predicted octanol–water partition coefficient (Wildman–Crippen LogP) is 3.93. The molecule has 0 radical (unpaired) electrons. The van der Waals surface area contributed by atoms with E-state index in [9.17, 15) is 14.9 Å². The third kappa shape index (κ3) is 2.61. The van der Waals surface area contributed by atoms with Gasteiger partial charge in [-0.3, -0.25) is 14.9 Å². The van der Waals surface area contributed by atoms with Crippen molar-refractivity contribution in [1.29, 1.82) is 0 Å². The van der Waals surface area contributed by atoms with Gasteiger partial charge in [-0.1, -0.05) is 35.1 Å². The van der Waals surface area contributed by atoms with E-state index in [1.54, 1.807) is 24.3 Å². The summed E-state index contributed by atoms with van der Waals surface area (Å²) in [5, 5.41) is 11.2. The van der Waals surface area contributed by atoms with E-state index in [4.69, 9.17) is 16.0 Å². The van der Waals surface area contributed by atoms with Crippen molar-refractivity contribution in [3.8, 4) is 21.9 Å². The second-order valence-corrected chi connectivity index (χ2v) is 5.54. The van der Waals surface area contributed by atoms with E-state index in [1.165, 1.54) is 12.1 Å². The fraction of sp³-hybridized carbons (Fsp3) is 0. The van der Waals surface area contributed by atoms with Crippen LogP contribution in [0.15, 0.2) is 45.6 Å². The highest BCUT2D eigenvalue weighted by atomic mass is 35.5. The minimum atomic E-state index is -0.624. The molecule has 0 aliphatic carbocycles. The Hall–Kier alpha value is -2.38. The number of hydrogen-bond acceptors (Lipinski definition) is 5. The first kappa shape index (κ1) is 13.6. The van der Waals surface area contributed by atoms with Gasteiger partial charge in [-0.2, -0.15) is 0 Å². The molecular formula is C13H7ClN2O4S. The zero-order valence-corrected chi connectivity index (χ0v) is 11.9. The fourth-order valence-corrected chi connectivity index (χ4v) is 2.81. The topological polar surface area (TPSA) is 89.1 Å². The monoisotopic (exact) mass is 322 g/mol. The van der Waals surface area contributed by atoms with E-state index in [2.05, 4.69) is 4.98 Å². The molecule has 0 fully saturated rings. The second-order valence-electron chi connectivity index (χ2n) is 4.12. The summed E-state index contributed by atoms with van der Waals surface area (Å²) in [6, 6.07) is 9.62. The van der Waals surface area contributed by atoms with Gasteiger partial charge in [-0.15, -0.1) is 0 Å². The lowest BCUT2D eigenvalue weighted by Crippen LogP contribution is -1.92. The van der Waals surface area contributed by atoms with Crippen LogP contribution in [0.1, 0.15) is 0 Å². The minimum Gasteiger partial charge on any atom is -0.400 e. The number of thiazole rings is 1. The molecule has 1 aromatic carbocycles. The first-order chi connectivity index (χ1) is 10.0. The van der Waals surface area contributed by atoms with Crippen molar-refractivity contribution < 1.29 is 9.34 Å². The SMILES string of the molecule is O=c1[nH]c(-c2ccc(Cl)cc2)c(-c2ccc([N+](=O)[O-])o2)s1. The summed E-state index contributed by atoms with van der Waals surface area (Å²) >= 11 is 6.77. The first-order valence-electron chi connectivity index (χ1n) is 5.78. The summed E-state index contributed by atoms with van der Waals surface area (Å²) in [5.74, 6) is -0.0945. The number of nitrogens with zero attached hydrogens (tertiary/aromatic N) is 1. The molecular weight excluding hydrogens is 316 g/mol. The summed E-state index contributed by atoms with van der Waals surface area (Å²) in [6.45, 7) is 0. The largest absolute Gasteiger partial charge is 0.433 e. The number of furan rings is 1. The van der Waals surface area contributed by atoms with Crippen LogP contribution in [0, 0.1) is 10.1 Å². The first-order valence-corrected chi connectivity index (χ1v) is 6.97. The average molecular weight is 323 g/mol. The molecule has 2 heterocycles. The van der Waals surface area contributed by atoms with Crippen molar-refractivity contribution in [2.45, 2.75) is 0 Å². The van der Waals surface area contributed by atoms with Crippen LogP contribution >= 0.6 is 22.9 Å². The van der Waals surface area contributed by atoms with Crippen molar-refractivity contribution in [2.75, 3.05) is 0 Å². The van der Waals surface area contributed by atoms with Gasteiger partial charge in [0.1, 0.15) is 4.92 Å². The van der Waals surface area contributed by atoms with E-state index >= 15 is 0 Å². The number of nitrogens with one attached hydrogen (secondary N) is 1. The minimum absolute atomic E-state index is 0.269. The lowest BCUT2D eigenvalue weighted by molar-refractivity contribution is -0.401. The van der Waals surface area contributed by atoms with Crippen LogP contribution in [0.25, 0.3) is 21.9 Å². The number of halogens is 1. The Morgan fingerprint density at radius 2 is 1.90 bits per heavy atom. The van der Waals surface area contributed by atoms with Crippen LogP contribution in [0.5, 0.6) is 0 Å². The zero-order chi connectivity index (χ0) is 15.0. The molecule has 1 N–H and O–H groups in total. The summed E-state index contributed by atoms with van der Waals surface area (Å²) in [7, 11) is 0. The Kier molecular flexibility index (Phi) is 3.36. The highest BCUT2D eigenvalue weighted by Crippen LogP contribution is 2.35. The molecule has 0 bridgehead atoms. The second kappa shape index (κ2) is 5.19. The predicted molar refractivity (Wildman–Crippen MR) is 79.7 cm³/mol. The molecule has 0 saturated heterocycles. The quantitative estimate of drug-likeness (QED) is 0.584. The summed E-state index contributed by atoms with van der Waals surface area (Å²) in [6.07, 6.45) is 0. The molecule has 0 aliphatic heterocycles. The van der Waals surface area contributed by atoms with Gasteiger partial charge in [-0.05, 0) is 23.8 Å². The Bertz CT molecular complexity index is 863. The van der Waals surface area contributed by atoms with E-state index in [0.29, 0.717) is 15.6 Å². The lowest BCUT2D eigenvalue weighted by atomic mass is 10.1. The van der Waals surface area contributed by atoms with E-state index < -0.39 is 4.92 Å². The number of benzene rings is 1. The number of hydrogen-bond donors (Lipinski definition) is 1. The van der Waals surface area contributed by atoms with Gasteiger partial charge in [0.05, 0.1) is 16.6 Å². The summed E-state index contributed by atoms with van der Waals surface area (Å²) in [5.41, 5.74) is 1.29. The molecule has 0 amide bonds. The molecule has 0 unspecified atom stereocenters. The van der Waals surface area contributed by atoms with Crippen molar-refractivity contribution >= 4 is 28.8 Å². The van der Waals surface area contributed by atoms with Gasteiger partial charge in [0, 0.05) is 5.02 Å². The number of H-pyrrole nitrogens is 1. The Balaban J connectivity index is 2.12. The Morgan fingerprint density at radius 1 is 1.19 bits per heavy atom. The van der Waals surface area contributed by atoms with Gasteiger partial charge >= 0.3 is 10.8 Å². The van der Waals surface area contributed by atoms with Crippen LogP contribution in [0.2, 0.25) is 5.02 Å². The zero-order valence-electron chi connectivity index (χ0n) is 10.3. The molecule has 0 aliphatic rings. The Morgan fingerprint density at radius 3 is 2.52 bits per heavy atom. The Labute approximate surface area is 126 Å². The molecule has 106 valence electrons. The number of rotatable bonds is 3. The van der Waals surface area contributed by atoms with Crippen molar-refractivity contribution in [1.82, 2.24) is 4.98 Å². The van der Waals surface area contributed by atoms with Gasteiger partial charge in [-0.25, -0.2) is 0 Å². The maximum absolute atomic E-state index is 11.6. The molecule has 6 nitrogen and oxygen atoms in total. The molecule has 21 heavy (non-hydrogen) atoms. The highest BCUT2D eigenvalue weighted by molar-refractivity contribution is 7.13. The van der Waals surface area contributed by atoms with Crippen molar-refractivity contribution in [3.05, 3.63) is 61.2 Å². The van der Waals surface area contributed by atoms with E-state index in [1.807, 2.05) is 0 Å². The number of aromatic amines is 1. The van der Waals surface area contributed by atoms with E-state index in [0.717, 1.165) is 16.9 Å². The maximum atomic E-state index is 11.6. The van der Waals surface area contributed by atoms with Crippen LogP contribution in [-0.4, -0.2) is 9.91 Å². The molecule has 0 atom stereocenters. The van der Waals surface area contributed by atoms with Gasteiger partial charge in [0.15, 0.2) is 5.76 Å². The van der Waals surface area contributed by atoms with Crippen LogP contribution in [0.3, 0.4) is 0 Å². The smallest absolute Gasteiger partial charge is 0.400 e. The van der Waals surface area contributed by atoms with Gasteiger partial charge < -0.3 is 9.40 Å². The lowest BCUT2D eigenvalue weighted by Gasteiger charge is -2.00. The third-order valence-electron chi connectivity index (χ3n) is 2.78. The summed E-state index contributed by atoms with van der Waals surface area (Å²) < 4.78 is 5.16. The highest BCUT2D eigenvalue weighted by Gasteiger charge is 2.19. The average Bonchev–Trinajstić information content (AvgIpc) is 3.06. The molecule has 0 spiro atoms. The number of nitro groups is 1. The molecule has 3 aromatic rings. The molecule has 3 rings (SSSR count). The normalized spacial score (nSPS) is 10.7. The van der Waals surface area contributed by atoms with Gasteiger partial charge in [0.2, 0.25) is 0 Å². The van der Waals surface area contributed by atoms with Crippen LogP contribution in [0.4, 0.5) is 5.88 Å². The van der Waals surface area contributed by atoms with Crippen molar-refractivity contribution in [3.63, 3.8) is 0 Å². The number of aromatic nitrogens is 1. The van der Waals surface area contributed by atoms with Crippen LogP contribution < -0.4 is 4.87 Å². The summed E-state index contributed by atoms with van der Waals surface area (Å²) in [4.78, 5) is 24.6. The fourth-order valence-electron chi connectivity index (χ4n) is 1.87. The third-order valence-corrected chi connectivity index (χ3v) is 3.93. The molecule has 0 saturated carbocycles. The molecule has 2 aromatic heterocycles. The molecule has 8 heteroatoms. The van der Waals surface area contributed by atoms with E-state index in [-0.39, 0.29) is 16.5 Å². The maximum Gasteiger partial charge on any atom is 0.433 e.